The van der Waals surface area contributed by atoms with Gasteiger partial charge >= 0.3 is 5.97 Å². The fourth-order valence-electron chi connectivity index (χ4n) is 0.444. The summed E-state index contributed by atoms with van der Waals surface area (Å²) in [5.41, 5.74) is 1.10. The Morgan fingerprint density at radius 1 is 1.44 bits per heavy atom. The molecule has 0 rings (SSSR count). The summed E-state index contributed by atoms with van der Waals surface area (Å²) in [6, 6.07) is 0. The highest BCUT2D eigenvalue weighted by Crippen LogP contribution is 2.02. The van der Waals surface area contributed by atoms with Gasteiger partial charge in [-0.05, 0) is 20.3 Å². The molecule has 2 heteroatoms. The van der Waals surface area contributed by atoms with Gasteiger partial charge in [-0.15, -0.1) is 0 Å². The molecule has 51 valence electrons. The Labute approximate surface area is 55.2 Å². The molecule has 0 aliphatic rings. The Hall–Kier alpha value is -0.790. The minimum Gasteiger partial charge on any atom is -0.247 e. The van der Waals surface area contributed by atoms with E-state index in [0.29, 0.717) is 6.42 Å². The first kappa shape index (κ1) is 8.21. The standard InChI is InChI=1S/C7H11O2/c1-3-6(2)4-5-7(8)9/h3H,4-5H2,1-2H3/b6-3+. The zero-order valence-corrected chi connectivity index (χ0v) is 5.81. The van der Waals surface area contributed by atoms with Gasteiger partial charge in [0.05, 0.1) is 6.42 Å². The first-order chi connectivity index (χ1) is 4.16. The molecule has 2 nitrogen and oxygen atoms in total. The molecule has 0 fully saturated rings. The molecule has 0 aromatic heterocycles. The van der Waals surface area contributed by atoms with Crippen LogP contribution in [0.3, 0.4) is 0 Å². The lowest BCUT2D eigenvalue weighted by Crippen LogP contribution is -1.91. The predicted octanol–water partition coefficient (Wildman–Crippen LogP) is 1.69. The van der Waals surface area contributed by atoms with Gasteiger partial charge in [0, 0.05) is 0 Å². The Kier molecular flexibility index (Phi) is 3.76. The van der Waals surface area contributed by atoms with Crippen LogP contribution in [0.15, 0.2) is 11.6 Å². The fraction of sp³-hybridized carbons (Fsp3) is 0.571. The Bertz CT molecular complexity index is 125. The Morgan fingerprint density at radius 2 is 2.00 bits per heavy atom. The molecular weight excluding hydrogens is 116 g/mol. The van der Waals surface area contributed by atoms with Crippen molar-refractivity contribution in [2.45, 2.75) is 26.7 Å². The Morgan fingerprint density at radius 3 is 2.33 bits per heavy atom. The minimum absolute atomic E-state index is 0.135. The molecule has 1 radical (unpaired) electrons. The van der Waals surface area contributed by atoms with Gasteiger partial charge in [-0.1, -0.05) is 11.6 Å². The summed E-state index contributed by atoms with van der Waals surface area (Å²) in [6.45, 7) is 3.80. The topological polar surface area (TPSA) is 37.0 Å². The van der Waals surface area contributed by atoms with Crippen molar-refractivity contribution in [1.82, 2.24) is 0 Å². The summed E-state index contributed by atoms with van der Waals surface area (Å²) in [5.74, 6) is -0.976. The van der Waals surface area contributed by atoms with Crippen molar-refractivity contribution < 1.29 is 9.90 Å². The van der Waals surface area contributed by atoms with Crippen LogP contribution in [0.4, 0.5) is 0 Å². The van der Waals surface area contributed by atoms with E-state index in [0.717, 1.165) is 5.57 Å². The van der Waals surface area contributed by atoms with Gasteiger partial charge in [0.2, 0.25) is 0 Å². The van der Waals surface area contributed by atoms with E-state index in [-0.39, 0.29) is 6.42 Å². The molecular formula is C7H11O2. The first-order valence-corrected chi connectivity index (χ1v) is 2.98. The van der Waals surface area contributed by atoms with Gasteiger partial charge in [0.1, 0.15) is 0 Å². The van der Waals surface area contributed by atoms with Crippen LogP contribution < -0.4 is 0 Å². The van der Waals surface area contributed by atoms with E-state index in [1.165, 1.54) is 0 Å². The van der Waals surface area contributed by atoms with Crippen LogP contribution in [-0.4, -0.2) is 5.97 Å². The largest absolute Gasteiger partial charge is 0.355 e. The van der Waals surface area contributed by atoms with Crippen LogP contribution in [0.25, 0.3) is 0 Å². The zero-order chi connectivity index (χ0) is 7.28. The maximum Gasteiger partial charge on any atom is 0.355 e. The first-order valence-electron chi connectivity index (χ1n) is 2.98. The summed E-state index contributed by atoms with van der Waals surface area (Å²) < 4.78 is 0. The molecule has 9 heavy (non-hydrogen) atoms. The second kappa shape index (κ2) is 4.13. The predicted molar refractivity (Wildman–Crippen MR) is 34.4 cm³/mol. The third kappa shape index (κ3) is 5.07. The van der Waals surface area contributed by atoms with Crippen molar-refractivity contribution in [3.63, 3.8) is 0 Å². The lowest BCUT2D eigenvalue weighted by Gasteiger charge is -1.92. The molecule has 0 unspecified atom stereocenters. The van der Waals surface area contributed by atoms with Crippen molar-refractivity contribution in [1.29, 1.82) is 0 Å². The summed E-state index contributed by atoms with van der Waals surface area (Å²) in [6.07, 6.45) is 2.65. The van der Waals surface area contributed by atoms with Crippen LogP contribution in [0.5, 0.6) is 0 Å². The van der Waals surface area contributed by atoms with Crippen molar-refractivity contribution in [2.75, 3.05) is 0 Å². The molecule has 0 N–H and O–H groups in total. The molecule has 0 heterocycles. The molecule has 0 aromatic carbocycles. The zero-order valence-electron chi connectivity index (χ0n) is 5.81. The SMILES string of the molecule is C/C=C(\C)CCC([O])=O. The average molecular weight is 127 g/mol. The molecule has 0 aliphatic carbocycles. The number of rotatable bonds is 3. The number of hydrogen-bond acceptors (Lipinski definition) is 1. The normalized spacial score (nSPS) is 11.6. The van der Waals surface area contributed by atoms with Crippen molar-refractivity contribution >= 4 is 5.97 Å². The second-order valence-corrected chi connectivity index (χ2v) is 2.01. The van der Waals surface area contributed by atoms with Crippen LogP contribution in [-0.2, 0) is 9.90 Å². The number of allylic oxidation sites excluding steroid dienone is 2. The molecule has 0 amide bonds. The van der Waals surface area contributed by atoms with Gasteiger partial charge < -0.3 is 0 Å². The molecule has 0 saturated heterocycles. The molecule has 0 atom stereocenters. The highest BCUT2D eigenvalue weighted by Gasteiger charge is 1.97. The van der Waals surface area contributed by atoms with E-state index in [4.69, 9.17) is 0 Å². The third-order valence-electron chi connectivity index (χ3n) is 1.22. The lowest BCUT2D eigenvalue weighted by molar-refractivity contribution is -0.143. The summed E-state index contributed by atoms with van der Waals surface area (Å²) in [5, 5.41) is 9.88. The molecule has 0 saturated carbocycles. The monoisotopic (exact) mass is 127 g/mol. The van der Waals surface area contributed by atoms with Crippen molar-refractivity contribution in [3.05, 3.63) is 11.6 Å². The van der Waals surface area contributed by atoms with E-state index in [1.807, 2.05) is 19.9 Å². The van der Waals surface area contributed by atoms with Gasteiger partial charge in [-0.25, -0.2) is 9.90 Å². The summed E-state index contributed by atoms with van der Waals surface area (Å²) in [4.78, 5) is 9.88. The maximum absolute atomic E-state index is 9.88. The molecule has 0 aliphatic heterocycles. The van der Waals surface area contributed by atoms with Gasteiger partial charge in [0.25, 0.3) is 0 Å². The van der Waals surface area contributed by atoms with Crippen LogP contribution in [0.1, 0.15) is 26.7 Å². The van der Waals surface area contributed by atoms with E-state index < -0.39 is 5.97 Å². The highest BCUT2D eigenvalue weighted by atomic mass is 16.4. The summed E-state index contributed by atoms with van der Waals surface area (Å²) >= 11 is 0. The van der Waals surface area contributed by atoms with E-state index >= 15 is 0 Å². The van der Waals surface area contributed by atoms with Gasteiger partial charge in [-0.3, -0.25) is 0 Å². The van der Waals surface area contributed by atoms with Crippen LogP contribution >= 0.6 is 0 Å². The Balaban J connectivity index is 3.39. The summed E-state index contributed by atoms with van der Waals surface area (Å²) in [7, 11) is 0. The molecule has 0 bridgehead atoms. The average Bonchev–Trinajstić information content (AvgIpc) is 1.83. The minimum atomic E-state index is -0.976. The van der Waals surface area contributed by atoms with Crippen molar-refractivity contribution in [3.8, 4) is 0 Å². The van der Waals surface area contributed by atoms with Crippen LogP contribution in [0, 0.1) is 0 Å². The maximum atomic E-state index is 9.88. The van der Waals surface area contributed by atoms with Gasteiger partial charge in [-0.2, -0.15) is 0 Å². The van der Waals surface area contributed by atoms with Crippen molar-refractivity contribution in [2.24, 2.45) is 0 Å². The second-order valence-electron chi connectivity index (χ2n) is 2.01. The van der Waals surface area contributed by atoms with Gasteiger partial charge in [0.15, 0.2) is 0 Å². The highest BCUT2D eigenvalue weighted by molar-refractivity contribution is 5.66. The fourth-order valence-corrected chi connectivity index (χ4v) is 0.444. The van der Waals surface area contributed by atoms with E-state index in [9.17, 15) is 9.90 Å². The van der Waals surface area contributed by atoms with E-state index in [1.54, 1.807) is 0 Å². The number of carbonyl (C=O) groups excluding carboxylic acids is 1. The molecule has 0 aromatic rings. The third-order valence-corrected chi connectivity index (χ3v) is 1.22. The quantitative estimate of drug-likeness (QED) is 0.531. The lowest BCUT2D eigenvalue weighted by atomic mass is 10.1. The van der Waals surface area contributed by atoms with Crippen LogP contribution in [0.2, 0.25) is 0 Å². The number of hydrogen-bond donors (Lipinski definition) is 0. The smallest absolute Gasteiger partial charge is 0.247 e. The number of carbonyl (C=O) groups is 1. The molecule has 0 spiro atoms. The van der Waals surface area contributed by atoms with E-state index in [2.05, 4.69) is 0 Å².